The third kappa shape index (κ3) is 6.13. The number of amides is 1. The number of ketones is 2. The van der Waals surface area contributed by atoms with Crippen LogP contribution < -0.4 is 5.32 Å². The van der Waals surface area contributed by atoms with Crippen molar-refractivity contribution in [2.45, 2.75) is 89.4 Å². The van der Waals surface area contributed by atoms with E-state index in [1.165, 1.54) is 12.1 Å². The second-order valence-corrected chi connectivity index (χ2v) is 11.0. The van der Waals surface area contributed by atoms with E-state index in [9.17, 15) is 39.6 Å². The van der Waals surface area contributed by atoms with Crippen LogP contribution in [0, 0.1) is 0 Å². The van der Waals surface area contributed by atoms with Crippen molar-refractivity contribution in [3.8, 4) is 11.5 Å². The van der Waals surface area contributed by atoms with Gasteiger partial charge in [0.05, 0.1) is 29.3 Å². The maximum absolute atomic E-state index is 13.3. The highest BCUT2D eigenvalue weighted by molar-refractivity contribution is 6.30. The van der Waals surface area contributed by atoms with Crippen LogP contribution >= 0.6 is 0 Å². The van der Waals surface area contributed by atoms with Crippen LogP contribution in [0.2, 0.25) is 0 Å². The standard InChI is InChI=1S/C31H37NO9/c1-3-5-8-17(11-12-22(34)32-13-4-2)41-23(35)16-31(40)14-20-24(21(33)15-31)30(39)26-25(29(20)38)27(36)18-9-6-7-10-19(18)28(26)37/h6-7,9-10,17,21,33,38-40H,3-5,8,11-16H2,1-2H3,(H,32,34)/t17?,21-,31+/m0/s1. The van der Waals surface area contributed by atoms with Gasteiger partial charge in [0, 0.05) is 48.1 Å². The number of ether oxygens (including phenoxy) is 1. The van der Waals surface area contributed by atoms with E-state index in [2.05, 4.69) is 5.32 Å². The van der Waals surface area contributed by atoms with Gasteiger partial charge in [0.15, 0.2) is 11.6 Å². The maximum atomic E-state index is 13.3. The Hall–Kier alpha value is -3.76. The van der Waals surface area contributed by atoms with E-state index >= 15 is 0 Å². The number of phenolic OH excluding ortho intramolecular Hbond substituents is 2. The van der Waals surface area contributed by atoms with Gasteiger partial charge in [0.25, 0.3) is 0 Å². The van der Waals surface area contributed by atoms with E-state index in [0.29, 0.717) is 19.4 Å². The molecule has 1 unspecified atom stereocenters. The molecular formula is C31H37NO9. The molecule has 41 heavy (non-hydrogen) atoms. The predicted molar refractivity (Wildman–Crippen MR) is 148 cm³/mol. The molecule has 10 heteroatoms. The summed E-state index contributed by atoms with van der Waals surface area (Å²) in [5.41, 5.74) is -2.78. The number of phenols is 2. The number of esters is 1. The van der Waals surface area contributed by atoms with Gasteiger partial charge in [-0.15, -0.1) is 0 Å². The summed E-state index contributed by atoms with van der Waals surface area (Å²) in [6, 6.07) is 6.04. The maximum Gasteiger partial charge on any atom is 0.308 e. The third-order valence-corrected chi connectivity index (χ3v) is 7.79. The van der Waals surface area contributed by atoms with Gasteiger partial charge in [-0.05, 0) is 19.3 Å². The molecule has 2 aromatic rings. The first kappa shape index (κ1) is 30.2. The van der Waals surface area contributed by atoms with Gasteiger partial charge >= 0.3 is 5.97 Å². The first-order chi connectivity index (χ1) is 19.5. The monoisotopic (exact) mass is 567 g/mol. The number of carbonyl (C=O) groups is 4. The number of fused-ring (bicyclic) bond motifs is 3. The number of nitrogens with one attached hydrogen (secondary N) is 1. The number of hydrogen-bond donors (Lipinski definition) is 5. The molecular weight excluding hydrogens is 530 g/mol. The first-order valence-electron chi connectivity index (χ1n) is 14.2. The lowest BCUT2D eigenvalue weighted by Crippen LogP contribution is -2.41. The van der Waals surface area contributed by atoms with Crippen LogP contribution in [0.4, 0.5) is 0 Å². The summed E-state index contributed by atoms with van der Waals surface area (Å²) < 4.78 is 5.64. The highest BCUT2D eigenvalue weighted by Crippen LogP contribution is 2.50. The second kappa shape index (κ2) is 12.4. The molecule has 1 amide bonds. The number of rotatable bonds is 11. The molecule has 0 bridgehead atoms. The van der Waals surface area contributed by atoms with Crippen LogP contribution in [0.25, 0.3) is 0 Å². The summed E-state index contributed by atoms with van der Waals surface area (Å²) in [6.45, 7) is 4.50. The summed E-state index contributed by atoms with van der Waals surface area (Å²) in [7, 11) is 0. The number of aliphatic hydroxyl groups excluding tert-OH is 1. The first-order valence-corrected chi connectivity index (χ1v) is 14.2. The van der Waals surface area contributed by atoms with Crippen molar-refractivity contribution >= 4 is 23.4 Å². The molecule has 2 aromatic carbocycles. The zero-order valence-electron chi connectivity index (χ0n) is 23.4. The van der Waals surface area contributed by atoms with Gasteiger partial charge in [0.1, 0.15) is 17.6 Å². The average molecular weight is 568 g/mol. The number of carbonyl (C=O) groups excluding carboxylic acids is 4. The van der Waals surface area contributed by atoms with Gasteiger partial charge in [-0.25, -0.2) is 0 Å². The smallest absolute Gasteiger partial charge is 0.308 e. The fourth-order valence-electron chi connectivity index (χ4n) is 5.75. The molecule has 0 aromatic heterocycles. The highest BCUT2D eigenvalue weighted by atomic mass is 16.5. The van der Waals surface area contributed by atoms with Crippen molar-refractivity contribution in [1.29, 1.82) is 0 Å². The van der Waals surface area contributed by atoms with E-state index < -0.39 is 64.4 Å². The molecule has 0 radical (unpaired) electrons. The number of aliphatic hydroxyl groups is 2. The lowest BCUT2D eigenvalue weighted by Gasteiger charge is -2.37. The van der Waals surface area contributed by atoms with Crippen LogP contribution in [0.15, 0.2) is 24.3 Å². The molecule has 0 spiro atoms. The minimum atomic E-state index is -1.87. The molecule has 0 heterocycles. The fraction of sp³-hybridized carbons (Fsp3) is 0.484. The molecule has 2 aliphatic carbocycles. The zero-order chi connectivity index (χ0) is 29.9. The van der Waals surface area contributed by atoms with Crippen LogP contribution in [-0.4, -0.2) is 62.1 Å². The van der Waals surface area contributed by atoms with E-state index in [4.69, 9.17) is 4.74 Å². The topological polar surface area (TPSA) is 170 Å². The molecule has 0 saturated carbocycles. The Morgan fingerprint density at radius 2 is 1.66 bits per heavy atom. The summed E-state index contributed by atoms with van der Waals surface area (Å²) in [5, 5.41) is 47.4. The van der Waals surface area contributed by atoms with Crippen molar-refractivity contribution in [2.24, 2.45) is 0 Å². The minimum Gasteiger partial charge on any atom is -0.507 e. The quantitative estimate of drug-likeness (QED) is 0.172. The molecule has 0 aliphatic heterocycles. The lowest BCUT2D eigenvalue weighted by molar-refractivity contribution is -0.157. The molecule has 4 rings (SSSR count). The van der Waals surface area contributed by atoms with Crippen molar-refractivity contribution in [1.82, 2.24) is 5.32 Å². The highest BCUT2D eigenvalue weighted by Gasteiger charge is 2.46. The average Bonchev–Trinajstić information content (AvgIpc) is 2.93. The van der Waals surface area contributed by atoms with Gasteiger partial charge in [-0.3, -0.25) is 19.2 Å². The molecule has 5 N–H and O–H groups in total. The summed E-state index contributed by atoms with van der Waals surface area (Å²) >= 11 is 0. The number of benzene rings is 2. The zero-order valence-corrected chi connectivity index (χ0v) is 23.4. The van der Waals surface area contributed by atoms with E-state index in [1.807, 2.05) is 13.8 Å². The number of hydrogen-bond acceptors (Lipinski definition) is 9. The molecule has 0 saturated heterocycles. The molecule has 10 nitrogen and oxygen atoms in total. The summed E-state index contributed by atoms with van der Waals surface area (Å²) in [4.78, 5) is 51.5. The van der Waals surface area contributed by atoms with Gasteiger partial charge < -0.3 is 30.5 Å². The van der Waals surface area contributed by atoms with Crippen LogP contribution in [0.5, 0.6) is 11.5 Å². The Labute approximate surface area is 238 Å². The van der Waals surface area contributed by atoms with E-state index in [-0.39, 0.29) is 47.4 Å². The predicted octanol–water partition coefficient (Wildman–Crippen LogP) is 3.38. The SMILES string of the molecule is CCCCC(CCC(=O)NCCC)OC(=O)C[C@@]1(O)Cc2c(O)c3c(c(O)c2[C@@H](O)C1)C(=O)c1ccccc1C3=O. The van der Waals surface area contributed by atoms with Gasteiger partial charge in [0.2, 0.25) is 5.91 Å². The van der Waals surface area contributed by atoms with Gasteiger partial charge in [-0.1, -0.05) is 51.0 Å². The van der Waals surface area contributed by atoms with Crippen LogP contribution in [0.3, 0.4) is 0 Å². The normalized spacial score (nSPS) is 20.0. The Morgan fingerprint density at radius 3 is 2.27 bits per heavy atom. The van der Waals surface area contributed by atoms with Crippen LogP contribution in [-0.2, 0) is 20.7 Å². The molecule has 0 fully saturated rings. The van der Waals surface area contributed by atoms with Gasteiger partial charge in [-0.2, -0.15) is 0 Å². The number of unbranched alkanes of at least 4 members (excludes halogenated alkanes) is 1. The van der Waals surface area contributed by atoms with Crippen molar-refractivity contribution in [3.63, 3.8) is 0 Å². The Bertz CT molecular complexity index is 1370. The Balaban J connectivity index is 1.56. The Kier molecular flexibility index (Phi) is 9.14. The van der Waals surface area contributed by atoms with E-state index in [1.54, 1.807) is 12.1 Å². The largest absolute Gasteiger partial charge is 0.507 e. The minimum absolute atomic E-state index is 0.0661. The lowest BCUT2D eigenvalue weighted by atomic mass is 9.72. The summed E-state index contributed by atoms with van der Waals surface area (Å²) in [5.74, 6) is -3.45. The van der Waals surface area contributed by atoms with Crippen molar-refractivity contribution < 1.29 is 44.3 Å². The number of aromatic hydroxyl groups is 2. The van der Waals surface area contributed by atoms with E-state index in [0.717, 1.165) is 19.3 Å². The van der Waals surface area contributed by atoms with Crippen LogP contribution in [0.1, 0.15) is 114 Å². The van der Waals surface area contributed by atoms with Crippen molar-refractivity contribution in [3.05, 3.63) is 57.6 Å². The third-order valence-electron chi connectivity index (χ3n) is 7.79. The second-order valence-electron chi connectivity index (χ2n) is 11.0. The summed E-state index contributed by atoms with van der Waals surface area (Å²) in [6.07, 6.45) is 0.158. The van der Waals surface area contributed by atoms with Crippen molar-refractivity contribution in [2.75, 3.05) is 6.54 Å². The Morgan fingerprint density at radius 1 is 1.02 bits per heavy atom. The molecule has 220 valence electrons. The fourth-order valence-corrected chi connectivity index (χ4v) is 5.75. The molecule has 2 aliphatic rings. The molecule has 3 atom stereocenters.